The third-order valence-electron chi connectivity index (χ3n) is 1.99. The number of rotatable bonds is 4. The number of hydrogen-bond donors (Lipinski definition) is 4. The first-order valence-corrected chi connectivity index (χ1v) is 6.16. The topological polar surface area (TPSA) is 98.0 Å². The van der Waals surface area contributed by atoms with Crippen LogP contribution in [0.1, 0.15) is 12.0 Å². The van der Waals surface area contributed by atoms with Crippen LogP contribution in [-0.2, 0) is 10.4 Å². The average Bonchev–Trinajstić information content (AvgIpc) is 2.16. The quantitative estimate of drug-likeness (QED) is 0.444. The largest absolute Gasteiger partial charge is 0.362 e. The summed E-state index contributed by atoms with van der Waals surface area (Å²) in [5.74, 6) is -2.19. The van der Waals surface area contributed by atoms with E-state index in [1.165, 1.54) is 12.1 Å². The van der Waals surface area contributed by atoms with Crippen molar-refractivity contribution in [1.29, 1.82) is 0 Å². The maximum absolute atomic E-state index is 10.6. The maximum atomic E-state index is 10.6. The van der Waals surface area contributed by atoms with Gasteiger partial charge >= 0.3 is 7.60 Å². The SMILES string of the molecule is O=P(O)(O)CCC(O)(O)c1ccccc1. The summed E-state index contributed by atoms with van der Waals surface area (Å²) in [5.41, 5.74) is 0.221. The summed E-state index contributed by atoms with van der Waals surface area (Å²) in [5, 5.41) is 19.1. The molecule has 0 fully saturated rings. The standard InChI is InChI=1S/C9H13O5P/c10-9(11,6-7-15(12,13)14)8-4-2-1-3-5-8/h1-5,10-11H,6-7H2,(H2,12,13,14). The van der Waals surface area contributed by atoms with Crippen LogP contribution >= 0.6 is 7.60 Å². The first-order chi connectivity index (χ1) is 6.81. The van der Waals surface area contributed by atoms with Crippen LogP contribution < -0.4 is 0 Å². The lowest BCUT2D eigenvalue weighted by atomic mass is 10.0. The molecule has 0 radical (unpaired) electrons. The van der Waals surface area contributed by atoms with E-state index in [4.69, 9.17) is 9.79 Å². The molecule has 0 aliphatic carbocycles. The fraction of sp³-hybridized carbons (Fsp3) is 0.333. The summed E-state index contributed by atoms with van der Waals surface area (Å²) >= 11 is 0. The minimum Gasteiger partial charge on any atom is -0.362 e. The zero-order valence-corrected chi connectivity index (χ0v) is 8.84. The van der Waals surface area contributed by atoms with Gasteiger partial charge in [0, 0.05) is 12.0 Å². The zero-order chi connectivity index (χ0) is 11.5. The summed E-state index contributed by atoms with van der Waals surface area (Å²) in [6.45, 7) is 0. The van der Waals surface area contributed by atoms with Gasteiger partial charge < -0.3 is 20.0 Å². The minimum atomic E-state index is -4.20. The van der Waals surface area contributed by atoms with E-state index >= 15 is 0 Å². The molecule has 0 aromatic heterocycles. The molecular weight excluding hydrogens is 219 g/mol. The fourth-order valence-corrected chi connectivity index (χ4v) is 1.75. The van der Waals surface area contributed by atoms with Crippen molar-refractivity contribution in [1.82, 2.24) is 0 Å². The van der Waals surface area contributed by atoms with Gasteiger partial charge in [0.05, 0.1) is 6.16 Å². The molecule has 0 unspecified atom stereocenters. The van der Waals surface area contributed by atoms with E-state index in [2.05, 4.69) is 0 Å². The molecule has 0 spiro atoms. The van der Waals surface area contributed by atoms with Crippen molar-refractivity contribution in [3.05, 3.63) is 35.9 Å². The maximum Gasteiger partial charge on any atom is 0.325 e. The van der Waals surface area contributed by atoms with Crippen LogP contribution in [0.15, 0.2) is 30.3 Å². The van der Waals surface area contributed by atoms with Crippen LogP contribution in [0.4, 0.5) is 0 Å². The predicted octanol–water partition coefficient (Wildman–Crippen LogP) is 0.392. The molecule has 0 saturated carbocycles. The third kappa shape index (κ3) is 4.11. The van der Waals surface area contributed by atoms with E-state index in [0.29, 0.717) is 0 Å². The number of benzene rings is 1. The third-order valence-corrected chi connectivity index (χ3v) is 2.79. The highest BCUT2D eigenvalue weighted by atomic mass is 31.2. The Hall–Kier alpha value is -0.710. The molecular formula is C9H13O5P. The first-order valence-electron chi connectivity index (χ1n) is 4.36. The van der Waals surface area contributed by atoms with E-state index in [-0.39, 0.29) is 5.56 Å². The molecule has 1 aromatic carbocycles. The van der Waals surface area contributed by atoms with Crippen molar-refractivity contribution in [2.24, 2.45) is 0 Å². The van der Waals surface area contributed by atoms with E-state index < -0.39 is 26.0 Å². The number of hydrogen-bond acceptors (Lipinski definition) is 3. The monoisotopic (exact) mass is 232 g/mol. The smallest absolute Gasteiger partial charge is 0.325 e. The molecule has 15 heavy (non-hydrogen) atoms. The van der Waals surface area contributed by atoms with Crippen LogP contribution in [0.2, 0.25) is 0 Å². The second kappa shape index (κ2) is 4.43. The Balaban J connectivity index is 2.72. The van der Waals surface area contributed by atoms with E-state index in [0.717, 1.165) is 0 Å². The van der Waals surface area contributed by atoms with Crippen LogP contribution in [-0.4, -0.2) is 26.2 Å². The van der Waals surface area contributed by atoms with E-state index in [9.17, 15) is 14.8 Å². The molecule has 0 bridgehead atoms. The van der Waals surface area contributed by atoms with Gasteiger partial charge in [0.15, 0.2) is 5.79 Å². The van der Waals surface area contributed by atoms with Gasteiger partial charge in [-0.3, -0.25) is 4.57 Å². The summed E-state index contributed by atoms with van der Waals surface area (Å²) in [6.07, 6.45) is -0.962. The normalized spacial score (nSPS) is 12.8. The lowest BCUT2D eigenvalue weighted by molar-refractivity contribution is -0.170. The van der Waals surface area contributed by atoms with Crippen molar-refractivity contribution < 1.29 is 24.6 Å². The Kier molecular flexibility index (Phi) is 3.65. The summed E-state index contributed by atoms with van der Waals surface area (Å²) < 4.78 is 10.6. The van der Waals surface area contributed by atoms with Gasteiger partial charge in [-0.15, -0.1) is 0 Å². The molecule has 0 aliphatic rings. The van der Waals surface area contributed by atoms with Gasteiger partial charge in [0.2, 0.25) is 0 Å². The van der Waals surface area contributed by atoms with Crippen LogP contribution in [0.5, 0.6) is 0 Å². The molecule has 1 aromatic rings. The highest BCUT2D eigenvalue weighted by Gasteiger charge is 2.28. The fourth-order valence-electron chi connectivity index (χ4n) is 1.15. The Morgan fingerprint density at radius 3 is 2.13 bits per heavy atom. The molecule has 5 nitrogen and oxygen atoms in total. The van der Waals surface area contributed by atoms with Crippen LogP contribution in [0, 0.1) is 0 Å². The minimum absolute atomic E-state index is 0.221. The van der Waals surface area contributed by atoms with Gasteiger partial charge in [-0.2, -0.15) is 0 Å². The summed E-state index contributed by atoms with van der Waals surface area (Å²) in [7, 11) is -4.20. The molecule has 0 aliphatic heterocycles. The van der Waals surface area contributed by atoms with Gasteiger partial charge in [-0.1, -0.05) is 30.3 Å². The molecule has 0 saturated heterocycles. The predicted molar refractivity (Wildman–Crippen MR) is 54.1 cm³/mol. The zero-order valence-electron chi connectivity index (χ0n) is 7.95. The summed E-state index contributed by atoms with van der Waals surface area (Å²) in [4.78, 5) is 17.2. The molecule has 0 amide bonds. The molecule has 0 atom stereocenters. The Morgan fingerprint density at radius 2 is 1.67 bits per heavy atom. The van der Waals surface area contributed by atoms with Crippen molar-refractivity contribution in [3.63, 3.8) is 0 Å². The molecule has 0 heterocycles. The van der Waals surface area contributed by atoms with Gasteiger partial charge in [-0.25, -0.2) is 0 Å². The first kappa shape index (κ1) is 12.4. The molecule has 1 rings (SSSR count). The average molecular weight is 232 g/mol. The Morgan fingerprint density at radius 1 is 1.13 bits per heavy atom. The lowest BCUT2D eigenvalue weighted by Gasteiger charge is -2.22. The van der Waals surface area contributed by atoms with E-state index in [1.54, 1.807) is 18.2 Å². The van der Waals surface area contributed by atoms with Crippen LogP contribution in [0.3, 0.4) is 0 Å². The Labute approximate surface area is 87.2 Å². The second-order valence-corrected chi connectivity index (χ2v) is 5.10. The molecule has 4 N–H and O–H groups in total. The van der Waals surface area contributed by atoms with Crippen molar-refractivity contribution in [3.8, 4) is 0 Å². The van der Waals surface area contributed by atoms with Crippen molar-refractivity contribution in [2.75, 3.05) is 6.16 Å². The molecule has 84 valence electrons. The van der Waals surface area contributed by atoms with E-state index in [1.807, 2.05) is 0 Å². The molecule has 6 heteroatoms. The van der Waals surface area contributed by atoms with Gasteiger partial charge in [0.1, 0.15) is 0 Å². The van der Waals surface area contributed by atoms with Gasteiger partial charge in [-0.05, 0) is 0 Å². The number of aliphatic hydroxyl groups is 2. The van der Waals surface area contributed by atoms with Crippen LogP contribution in [0.25, 0.3) is 0 Å². The van der Waals surface area contributed by atoms with Crippen molar-refractivity contribution in [2.45, 2.75) is 12.2 Å². The highest BCUT2D eigenvalue weighted by molar-refractivity contribution is 7.51. The van der Waals surface area contributed by atoms with Crippen molar-refractivity contribution >= 4 is 7.60 Å². The lowest BCUT2D eigenvalue weighted by Crippen LogP contribution is -2.26. The van der Waals surface area contributed by atoms with Gasteiger partial charge in [0.25, 0.3) is 0 Å². The summed E-state index contributed by atoms with van der Waals surface area (Å²) in [6, 6.07) is 7.92. The second-order valence-electron chi connectivity index (χ2n) is 3.32. The highest BCUT2D eigenvalue weighted by Crippen LogP contribution is 2.38. The Bertz CT molecular complexity index is 356.